The van der Waals surface area contributed by atoms with Crippen LogP contribution in [0.25, 0.3) is 0 Å². The first-order chi connectivity index (χ1) is 17.0. The average Bonchev–Trinajstić information content (AvgIpc) is 3.07. The van der Waals surface area contributed by atoms with Gasteiger partial charge in [-0.15, -0.1) is 6.58 Å². The van der Waals surface area contributed by atoms with Crippen LogP contribution in [0.15, 0.2) is 71.7 Å². The quantitative estimate of drug-likeness (QED) is 0.493. The zero-order valence-corrected chi connectivity index (χ0v) is 21.0. The molecule has 4 unspecified atom stereocenters. The minimum absolute atomic E-state index is 0.0514. The Labute approximate surface area is 209 Å². The van der Waals surface area contributed by atoms with Gasteiger partial charge in [-0.05, 0) is 56.0 Å². The molecule has 2 bridgehead atoms. The number of aliphatic hydroxyl groups is 1. The monoisotopic (exact) mass is 506 g/mol. The van der Waals surface area contributed by atoms with Crippen LogP contribution in [0, 0.1) is 32.6 Å². The molecule has 1 aliphatic carbocycles. The van der Waals surface area contributed by atoms with Gasteiger partial charge in [0, 0.05) is 0 Å². The Morgan fingerprint density at radius 3 is 2.22 bits per heavy atom. The Balaban J connectivity index is 1.72. The molecule has 0 aromatic heterocycles. The summed E-state index contributed by atoms with van der Waals surface area (Å²) in [6.45, 7) is 8.77. The predicted octanol–water partition coefficient (Wildman–Crippen LogP) is 2.56. The summed E-state index contributed by atoms with van der Waals surface area (Å²) in [5.74, 6) is -5.20. The molecule has 0 radical (unpaired) electrons. The van der Waals surface area contributed by atoms with Crippen molar-refractivity contribution in [1.82, 2.24) is 4.31 Å². The van der Waals surface area contributed by atoms with Gasteiger partial charge in [0.2, 0.25) is 11.8 Å². The van der Waals surface area contributed by atoms with Crippen molar-refractivity contribution < 1.29 is 27.9 Å². The number of fused-ring (bicyclic) bond motifs is 1. The van der Waals surface area contributed by atoms with Gasteiger partial charge >= 0.3 is 0 Å². The van der Waals surface area contributed by atoms with E-state index in [4.69, 9.17) is 0 Å². The summed E-state index contributed by atoms with van der Waals surface area (Å²) >= 11 is 0. The zero-order chi connectivity index (χ0) is 26.2. The van der Waals surface area contributed by atoms with Crippen molar-refractivity contribution >= 4 is 33.4 Å². The Hall–Kier alpha value is -3.56. The number of rotatable bonds is 5. The number of imide groups is 1. The Bertz CT molecular complexity index is 1460. The van der Waals surface area contributed by atoms with Crippen LogP contribution < -0.4 is 4.90 Å². The van der Waals surface area contributed by atoms with E-state index in [9.17, 15) is 27.9 Å². The van der Waals surface area contributed by atoms with Crippen molar-refractivity contribution in [2.75, 3.05) is 4.90 Å². The highest BCUT2D eigenvalue weighted by atomic mass is 32.2. The first-order valence-corrected chi connectivity index (χ1v) is 13.0. The largest absolute Gasteiger partial charge is 0.375 e. The fourth-order valence-electron chi connectivity index (χ4n) is 6.05. The van der Waals surface area contributed by atoms with Gasteiger partial charge in [-0.2, -0.15) is 0 Å². The van der Waals surface area contributed by atoms with Gasteiger partial charge in [-0.3, -0.25) is 14.4 Å². The molecular weight excluding hydrogens is 480 g/mol. The lowest BCUT2D eigenvalue weighted by atomic mass is 9.63. The first kappa shape index (κ1) is 24.1. The minimum atomic E-state index is -4.49. The van der Waals surface area contributed by atoms with Gasteiger partial charge in [0.05, 0.1) is 28.5 Å². The number of sulfonamides is 1. The zero-order valence-electron chi connectivity index (χ0n) is 20.1. The Morgan fingerprint density at radius 1 is 1.03 bits per heavy atom. The van der Waals surface area contributed by atoms with Gasteiger partial charge in [0.15, 0.2) is 5.60 Å². The third kappa shape index (κ3) is 3.02. The van der Waals surface area contributed by atoms with E-state index < -0.39 is 51.2 Å². The molecule has 9 heteroatoms. The predicted molar refractivity (Wildman–Crippen MR) is 132 cm³/mol. The molecule has 2 saturated heterocycles. The number of allylic oxidation sites excluding steroid dienone is 1. The molecule has 0 saturated carbocycles. The van der Waals surface area contributed by atoms with E-state index in [0.29, 0.717) is 21.1 Å². The van der Waals surface area contributed by atoms with Gasteiger partial charge in [0.25, 0.3) is 15.9 Å². The molecule has 6 rings (SSSR count). The maximum absolute atomic E-state index is 14.0. The van der Waals surface area contributed by atoms with Crippen LogP contribution in [-0.4, -0.2) is 47.2 Å². The highest BCUT2D eigenvalue weighted by Crippen LogP contribution is 2.54. The summed E-state index contributed by atoms with van der Waals surface area (Å²) < 4.78 is 28.6. The van der Waals surface area contributed by atoms with E-state index in [1.807, 2.05) is 6.92 Å². The van der Waals surface area contributed by atoms with Crippen LogP contribution >= 0.6 is 0 Å². The molecule has 3 amide bonds. The van der Waals surface area contributed by atoms with E-state index >= 15 is 0 Å². The number of anilines is 1. The van der Waals surface area contributed by atoms with Crippen molar-refractivity contribution in [2.24, 2.45) is 11.8 Å². The van der Waals surface area contributed by atoms with Crippen LogP contribution in [0.4, 0.5) is 5.69 Å². The SMILES string of the molecule is C=CCC1=CC2C3C(=O)N(c4ccccc4)C(=O)C3C1(O)C(=O)N2S(=O)(=O)c1c(C)cc(C)cc1C. The Morgan fingerprint density at radius 2 is 1.64 bits per heavy atom. The number of hydrogen-bond acceptors (Lipinski definition) is 6. The number of amides is 3. The van der Waals surface area contributed by atoms with Crippen LogP contribution in [0.3, 0.4) is 0 Å². The van der Waals surface area contributed by atoms with E-state index in [1.165, 1.54) is 12.2 Å². The summed E-state index contributed by atoms with van der Waals surface area (Å²) in [4.78, 5) is 42.0. The lowest BCUT2D eigenvalue weighted by molar-refractivity contribution is -0.166. The summed E-state index contributed by atoms with van der Waals surface area (Å²) in [6.07, 6.45) is 2.97. The van der Waals surface area contributed by atoms with Crippen molar-refractivity contribution in [3.05, 3.63) is 83.5 Å². The summed E-state index contributed by atoms with van der Waals surface area (Å²) in [5.41, 5.74) is -0.280. The second kappa shape index (κ2) is 7.97. The standard InChI is InChI=1S/C27H26N2O6S/c1-5-9-18-14-20-21-22(25(31)28(24(21)30)19-10-7-6-8-11-19)27(18,33)26(32)29(20)36(34,35)23-16(3)12-15(2)13-17(23)4/h5-8,10-14,20-22,33H,1,9H2,2-4H3. The van der Waals surface area contributed by atoms with Crippen LogP contribution in [-0.2, 0) is 24.4 Å². The topological polar surface area (TPSA) is 112 Å². The summed E-state index contributed by atoms with van der Waals surface area (Å²) in [6, 6.07) is 10.3. The van der Waals surface area contributed by atoms with Gasteiger partial charge in [-0.1, -0.05) is 48.0 Å². The summed E-state index contributed by atoms with van der Waals surface area (Å²) in [7, 11) is -4.49. The molecule has 2 fully saturated rings. The number of piperidine rings is 1. The molecule has 2 aromatic rings. The van der Waals surface area contributed by atoms with Gasteiger partial charge < -0.3 is 5.11 Å². The number of carbonyl (C=O) groups is 3. The maximum atomic E-state index is 14.0. The highest BCUT2D eigenvalue weighted by Gasteiger charge is 2.72. The van der Waals surface area contributed by atoms with Crippen molar-refractivity contribution in [1.29, 1.82) is 0 Å². The lowest BCUT2D eigenvalue weighted by Gasteiger charge is -2.51. The van der Waals surface area contributed by atoms with E-state index in [0.717, 1.165) is 10.5 Å². The number of nitrogens with zero attached hydrogens (tertiary/aromatic N) is 2. The molecule has 0 spiro atoms. The molecule has 4 atom stereocenters. The van der Waals surface area contributed by atoms with E-state index in [1.54, 1.807) is 56.3 Å². The molecule has 3 heterocycles. The smallest absolute Gasteiger partial charge is 0.274 e. The molecule has 4 aliphatic rings. The number of para-hydroxylation sites is 1. The number of benzene rings is 2. The molecule has 186 valence electrons. The third-order valence-electron chi connectivity index (χ3n) is 7.33. The van der Waals surface area contributed by atoms with Crippen molar-refractivity contribution in [3.8, 4) is 0 Å². The molecular formula is C27H26N2O6S. The molecule has 36 heavy (non-hydrogen) atoms. The molecule has 3 aliphatic heterocycles. The summed E-state index contributed by atoms with van der Waals surface area (Å²) in [5, 5.41) is 11.9. The first-order valence-electron chi connectivity index (χ1n) is 11.6. The van der Waals surface area contributed by atoms with Gasteiger partial charge in [0.1, 0.15) is 0 Å². The lowest BCUT2D eigenvalue weighted by Crippen LogP contribution is -2.71. The van der Waals surface area contributed by atoms with E-state index in [2.05, 4.69) is 6.58 Å². The number of carbonyl (C=O) groups excluding carboxylic acids is 3. The minimum Gasteiger partial charge on any atom is -0.375 e. The number of aryl methyl sites for hydroxylation is 3. The maximum Gasteiger partial charge on any atom is 0.274 e. The third-order valence-corrected chi connectivity index (χ3v) is 9.41. The van der Waals surface area contributed by atoms with Gasteiger partial charge in [-0.25, -0.2) is 17.6 Å². The molecule has 1 N–H and O–H groups in total. The average molecular weight is 507 g/mol. The van der Waals surface area contributed by atoms with Crippen molar-refractivity contribution in [3.63, 3.8) is 0 Å². The number of hydrogen-bond donors (Lipinski definition) is 1. The van der Waals surface area contributed by atoms with E-state index in [-0.39, 0.29) is 16.9 Å². The second-order valence-electron chi connectivity index (χ2n) is 9.63. The molecule has 8 nitrogen and oxygen atoms in total. The fourth-order valence-corrected chi connectivity index (χ4v) is 8.05. The second-order valence-corrected chi connectivity index (χ2v) is 11.4. The Kier molecular flexibility index (Phi) is 5.35. The van der Waals surface area contributed by atoms with Crippen LogP contribution in [0.1, 0.15) is 23.1 Å². The van der Waals surface area contributed by atoms with Crippen LogP contribution in [0.5, 0.6) is 0 Å². The normalized spacial score (nSPS) is 27.4. The van der Waals surface area contributed by atoms with Crippen molar-refractivity contribution in [2.45, 2.75) is 43.7 Å². The molecule has 2 aromatic carbocycles. The van der Waals surface area contributed by atoms with Crippen LogP contribution in [0.2, 0.25) is 0 Å². The highest BCUT2D eigenvalue weighted by molar-refractivity contribution is 7.89. The fraction of sp³-hybridized carbons (Fsp3) is 0.296.